The van der Waals surface area contributed by atoms with Crippen molar-refractivity contribution in [3.8, 4) is 28.5 Å². The van der Waals surface area contributed by atoms with Crippen LogP contribution >= 0.6 is 0 Å². The van der Waals surface area contributed by atoms with Crippen LogP contribution in [0.3, 0.4) is 0 Å². The van der Waals surface area contributed by atoms with E-state index in [1.807, 2.05) is 43.3 Å². The van der Waals surface area contributed by atoms with E-state index in [9.17, 15) is 4.79 Å². The number of ether oxygens (including phenoxy) is 3. The van der Waals surface area contributed by atoms with Crippen molar-refractivity contribution < 1.29 is 19.0 Å². The standard InChI is InChI=1S/C23H24N2O4/c1-15-9-10-24-19(11-15)17-5-7-18(8-6-17)23(26)25-14-16-12-20(27-2)22(29-4)21(13-16)28-3/h5-13H,14H2,1-4H3,(H,25,26). The molecule has 150 valence electrons. The van der Waals surface area contributed by atoms with Crippen molar-refractivity contribution in [3.05, 3.63) is 71.4 Å². The van der Waals surface area contributed by atoms with Gasteiger partial charge in [0.15, 0.2) is 11.5 Å². The monoisotopic (exact) mass is 392 g/mol. The summed E-state index contributed by atoms with van der Waals surface area (Å²) in [7, 11) is 4.67. The number of methoxy groups -OCH3 is 3. The SMILES string of the molecule is COc1cc(CNC(=O)c2ccc(-c3cc(C)ccn3)cc2)cc(OC)c1OC. The zero-order valence-corrected chi connectivity index (χ0v) is 17.0. The smallest absolute Gasteiger partial charge is 0.251 e. The third kappa shape index (κ3) is 4.66. The summed E-state index contributed by atoms with van der Waals surface area (Å²) in [6, 6.07) is 15.0. The molecule has 1 heterocycles. The predicted octanol–water partition coefficient (Wildman–Crippen LogP) is 4.01. The Morgan fingerprint density at radius 1 is 0.931 bits per heavy atom. The van der Waals surface area contributed by atoms with Crippen LogP contribution in [0.15, 0.2) is 54.7 Å². The maximum absolute atomic E-state index is 12.5. The van der Waals surface area contributed by atoms with E-state index in [1.165, 1.54) is 0 Å². The molecule has 0 fully saturated rings. The Balaban J connectivity index is 1.71. The summed E-state index contributed by atoms with van der Waals surface area (Å²) < 4.78 is 16.0. The van der Waals surface area contributed by atoms with Crippen molar-refractivity contribution in [2.45, 2.75) is 13.5 Å². The second-order valence-electron chi connectivity index (χ2n) is 6.51. The number of aromatic nitrogens is 1. The van der Waals surface area contributed by atoms with Gasteiger partial charge in [-0.25, -0.2) is 0 Å². The van der Waals surface area contributed by atoms with Crippen molar-refractivity contribution in [2.75, 3.05) is 21.3 Å². The zero-order chi connectivity index (χ0) is 20.8. The van der Waals surface area contributed by atoms with E-state index in [0.717, 1.165) is 22.4 Å². The van der Waals surface area contributed by atoms with E-state index in [2.05, 4.69) is 10.3 Å². The first-order valence-electron chi connectivity index (χ1n) is 9.16. The van der Waals surface area contributed by atoms with Crippen LogP contribution in [0.25, 0.3) is 11.3 Å². The number of benzene rings is 2. The first kappa shape index (κ1) is 20.2. The number of nitrogens with zero attached hydrogens (tertiary/aromatic N) is 1. The molecule has 0 spiro atoms. The van der Waals surface area contributed by atoms with E-state index in [1.54, 1.807) is 39.7 Å². The second kappa shape index (κ2) is 9.10. The summed E-state index contributed by atoms with van der Waals surface area (Å²) in [4.78, 5) is 16.9. The molecule has 29 heavy (non-hydrogen) atoms. The van der Waals surface area contributed by atoms with Gasteiger partial charge in [-0.1, -0.05) is 12.1 Å². The molecular formula is C23H24N2O4. The highest BCUT2D eigenvalue weighted by Crippen LogP contribution is 2.38. The van der Waals surface area contributed by atoms with E-state index in [-0.39, 0.29) is 5.91 Å². The maximum Gasteiger partial charge on any atom is 0.251 e. The second-order valence-corrected chi connectivity index (χ2v) is 6.51. The molecule has 0 bridgehead atoms. The fourth-order valence-corrected chi connectivity index (χ4v) is 3.01. The van der Waals surface area contributed by atoms with E-state index in [4.69, 9.17) is 14.2 Å². The van der Waals surface area contributed by atoms with Crippen LogP contribution in [0.1, 0.15) is 21.5 Å². The fraction of sp³-hybridized carbons (Fsp3) is 0.217. The van der Waals surface area contributed by atoms with Gasteiger partial charge in [0.2, 0.25) is 5.75 Å². The third-order valence-electron chi connectivity index (χ3n) is 4.54. The molecule has 0 saturated carbocycles. The third-order valence-corrected chi connectivity index (χ3v) is 4.54. The zero-order valence-electron chi connectivity index (χ0n) is 17.0. The minimum atomic E-state index is -0.164. The topological polar surface area (TPSA) is 69.7 Å². The molecule has 6 heteroatoms. The highest BCUT2D eigenvalue weighted by molar-refractivity contribution is 5.94. The summed E-state index contributed by atoms with van der Waals surface area (Å²) in [5, 5.41) is 2.92. The van der Waals surface area contributed by atoms with Crippen molar-refractivity contribution >= 4 is 5.91 Å². The number of pyridine rings is 1. The van der Waals surface area contributed by atoms with Crippen LogP contribution in [0.4, 0.5) is 0 Å². The molecule has 6 nitrogen and oxygen atoms in total. The Morgan fingerprint density at radius 3 is 2.14 bits per heavy atom. The first-order valence-corrected chi connectivity index (χ1v) is 9.16. The van der Waals surface area contributed by atoms with Gasteiger partial charge in [0.05, 0.1) is 27.0 Å². The fourth-order valence-electron chi connectivity index (χ4n) is 3.01. The summed E-state index contributed by atoms with van der Waals surface area (Å²) >= 11 is 0. The maximum atomic E-state index is 12.5. The van der Waals surface area contributed by atoms with Gasteiger partial charge in [0.25, 0.3) is 5.91 Å². The highest BCUT2D eigenvalue weighted by atomic mass is 16.5. The van der Waals surface area contributed by atoms with Gasteiger partial charge >= 0.3 is 0 Å². The number of nitrogens with one attached hydrogen (secondary N) is 1. The van der Waals surface area contributed by atoms with Crippen LogP contribution in [-0.2, 0) is 6.54 Å². The lowest BCUT2D eigenvalue weighted by Crippen LogP contribution is -2.22. The molecule has 0 saturated heterocycles. The Hall–Kier alpha value is -3.54. The Bertz CT molecular complexity index is 975. The first-order chi connectivity index (χ1) is 14.0. The molecule has 0 aliphatic carbocycles. The quantitative estimate of drug-likeness (QED) is 0.658. The average molecular weight is 392 g/mol. The lowest BCUT2D eigenvalue weighted by Gasteiger charge is -2.14. The minimum Gasteiger partial charge on any atom is -0.493 e. The van der Waals surface area contributed by atoms with E-state index >= 15 is 0 Å². The van der Waals surface area contributed by atoms with Gasteiger partial charge in [0, 0.05) is 23.9 Å². The van der Waals surface area contributed by atoms with Crippen LogP contribution < -0.4 is 19.5 Å². The molecule has 0 aliphatic heterocycles. The summed E-state index contributed by atoms with van der Waals surface area (Å²) in [5.41, 5.74) is 4.41. The van der Waals surface area contributed by atoms with Crippen molar-refractivity contribution in [2.24, 2.45) is 0 Å². The molecule has 1 N–H and O–H groups in total. The Kier molecular flexibility index (Phi) is 6.34. The Morgan fingerprint density at radius 2 is 1.59 bits per heavy atom. The molecule has 1 aromatic heterocycles. The van der Waals surface area contributed by atoms with E-state index < -0.39 is 0 Å². The van der Waals surface area contributed by atoms with Crippen molar-refractivity contribution in [1.82, 2.24) is 10.3 Å². The number of hydrogen-bond acceptors (Lipinski definition) is 5. The summed E-state index contributed by atoms with van der Waals surface area (Å²) in [5.74, 6) is 1.45. The van der Waals surface area contributed by atoms with Crippen LogP contribution in [0.5, 0.6) is 17.2 Å². The van der Waals surface area contributed by atoms with Gasteiger partial charge in [-0.2, -0.15) is 0 Å². The molecule has 0 aliphatic rings. The van der Waals surface area contributed by atoms with Gasteiger partial charge < -0.3 is 19.5 Å². The molecule has 0 unspecified atom stereocenters. The van der Waals surface area contributed by atoms with Gasteiger partial charge in [-0.15, -0.1) is 0 Å². The molecule has 3 aromatic rings. The molecule has 3 rings (SSSR count). The number of carbonyl (C=O) groups excluding carboxylic acids is 1. The normalized spacial score (nSPS) is 10.3. The van der Waals surface area contributed by atoms with Crippen LogP contribution in [0, 0.1) is 6.92 Å². The largest absolute Gasteiger partial charge is 0.493 e. The number of hydrogen-bond donors (Lipinski definition) is 1. The van der Waals surface area contributed by atoms with E-state index in [0.29, 0.717) is 29.4 Å². The minimum absolute atomic E-state index is 0.164. The lowest BCUT2D eigenvalue weighted by molar-refractivity contribution is 0.0951. The number of amides is 1. The van der Waals surface area contributed by atoms with Crippen molar-refractivity contribution in [1.29, 1.82) is 0 Å². The highest BCUT2D eigenvalue weighted by Gasteiger charge is 2.14. The van der Waals surface area contributed by atoms with Crippen LogP contribution in [-0.4, -0.2) is 32.2 Å². The molecule has 0 atom stereocenters. The Labute approximate surface area is 170 Å². The van der Waals surface area contributed by atoms with Crippen LogP contribution in [0.2, 0.25) is 0 Å². The number of rotatable bonds is 7. The molecule has 1 amide bonds. The molecular weight excluding hydrogens is 368 g/mol. The predicted molar refractivity (Wildman–Crippen MR) is 112 cm³/mol. The average Bonchev–Trinajstić information content (AvgIpc) is 2.76. The van der Waals surface area contributed by atoms with Gasteiger partial charge in [0.1, 0.15) is 0 Å². The summed E-state index contributed by atoms with van der Waals surface area (Å²) in [6.07, 6.45) is 1.78. The summed E-state index contributed by atoms with van der Waals surface area (Å²) in [6.45, 7) is 2.35. The number of aryl methyl sites for hydroxylation is 1. The van der Waals surface area contributed by atoms with Crippen molar-refractivity contribution in [3.63, 3.8) is 0 Å². The number of carbonyl (C=O) groups is 1. The van der Waals surface area contributed by atoms with Gasteiger partial charge in [-0.05, 0) is 54.4 Å². The molecule has 0 radical (unpaired) electrons. The van der Waals surface area contributed by atoms with Gasteiger partial charge in [-0.3, -0.25) is 9.78 Å². The molecule has 2 aromatic carbocycles. The lowest BCUT2D eigenvalue weighted by atomic mass is 10.1.